The second-order valence-corrected chi connectivity index (χ2v) is 7.55. The van der Waals surface area contributed by atoms with Crippen LogP contribution in [0.4, 0.5) is 5.69 Å². The van der Waals surface area contributed by atoms with Crippen molar-refractivity contribution in [3.63, 3.8) is 0 Å². The lowest BCUT2D eigenvalue weighted by atomic mass is 9.75. The average Bonchev–Trinajstić information content (AvgIpc) is 2.60. The molecule has 142 valence electrons. The molecule has 1 aromatic carbocycles. The second kappa shape index (κ2) is 8.45. The number of non-ortho nitro benzene ring substituents is 1. The second-order valence-electron chi connectivity index (χ2n) is 7.55. The first-order valence-corrected chi connectivity index (χ1v) is 9.02. The SMILES string of the molecule is C=C(C(=O)O[C@@H]1C[C@H](C)CC[C@H]1C(C)C)C(O)c1ccc([N+](=O)[O-])cc1. The number of esters is 1. The Morgan fingerprint density at radius 3 is 2.46 bits per heavy atom. The summed E-state index contributed by atoms with van der Waals surface area (Å²) in [5.41, 5.74) is 0.236. The van der Waals surface area contributed by atoms with Crippen molar-refractivity contribution in [2.45, 2.75) is 52.2 Å². The van der Waals surface area contributed by atoms with Crippen molar-refractivity contribution in [3.8, 4) is 0 Å². The van der Waals surface area contributed by atoms with Gasteiger partial charge in [-0.25, -0.2) is 4.79 Å². The number of hydrogen-bond donors (Lipinski definition) is 1. The first kappa shape index (κ1) is 20.1. The van der Waals surface area contributed by atoms with Crippen molar-refractivity contribution in [3.05, 3.63) is 52.1 Å². The van der Waals surface area contributed by atoms with Crippen LogP contribution in [0.15, 0.2) is 36.4 Å². The van der Waals surface area contributed by atoms with Gasteiger partial charge in [0.2, 0.25) is 0 Å². The van der Waals surface area contributed by atoms with Crippen LogP contribution in [0, 0.1) is 27.9 Å². The molecule has 6 nitrogen and oxygen atoms in total. The molecule has 1 unspecified atom stereocenters. The Bertz CT molecular complexity index is 667. The van der Waals surface area contributed by atoms with Gasteiger partial charge in [-0.3, -0.25) is 10.1 Å². The minimum Gasteiger partial charge on any atom is -0.459 e. The third-order valence-corrected chi connectivity index (χ3v) is 5.23. The van der Waals surface area contributed by atoms with Crippen molar-refractivity contribution in [2.75, 3.05) is 0 Å². The summed E-state index contributed by atoms with van der Waals surface area (Å²) in [6.45, 7) is 10.1. The summed E-state index contributed by atoms with van der Waals surface area (Å²) >= 11 is 0. The number of ether oxygens (including phenoxy) is 1. The number of nitrogens with zero attached hydrogens (tertiary/aromatic N) is 1. The zero-order chi connectivity index (χ0) is 19.4. The fourth-order valence-corrected chi connectivity index (χ4v) is 3.55. The number of rotatable bonds is 6. The maximum Gasteiger partial charge on any atom is 0.336 e. The standard InChI is InChI=1S/C20H27NO5/c1-12(2)17-10-5-13(3)11-18(17)26-20(23)14(4)19(22)15-6-8-16(9-7-15)21(24)25/h6-9,12-13,17-19,22H,4-5,10-11H2,1-3H3/t13-,17+,18-,19?/m1/s1. The summed E-state index contributed by atoms with van der Waals surface area (Å²) < 4.78 is 5.70. The van der Waals surface area contributed by atoms with Crippen LogP contribution in [-0.2, 0) is 9.53 Å². The van der Waals surface area contributed by atoms with Crippen molar-refractivity contribution in [1.29, 1.82) is 0 Å². The van der Waals surface area contributed by atoms with Gasteiger partial charge >= 0.3 is 5.97 Å². The molecule has 26 heavy (non-hydrogen) atoms. The highest BCUT2D eigenvalue weighted by atomic mass is 16.6. The number of nitro groups is 1. The molecule has 1 aliphatic rings. The smallest absolute Gasteiger partial charge is 0.336 e. The van der Waals surface area contributed by atoms with Crippen LogP contribution in [0.3, 0.4) is 0 Å². The Morgan fingerprint density at radius 1 is 1.31 bits per heavy atom. The Hall–Kier alpha value is -2.21. The van der Waals surface area contributed by atoms with Crippen molar-refractivity contribution in [1.82, 2.24) is 0 Å². The number of aliphatic hydroxyl groups is 1. The molecule has 0 amide bonds. The number of carbonyl (C=O) groups excluding carboxylic acids is 1. The monoisotopic (exact) mass is 361 g/mol. The molecular weight excluding hydrogens is 334 g/mol. The zero-order valence-corrected chi connectivity index (χ0v) is 15.6. The lowest BCUT2D eigenvalue weighted by Gasteiger charge is -2.37. The highest BCUT2D eigenvalue weighted by molar-refractivity contribution is 5.89. The molecule has 1 saturated carbocycles. The van der Waals surface area contributed by atoms with E-state index in [0.29, 0.717) is 23.3 Å². The van der Waals surface area contributed by atoms with E-state index in [0.717, 1.165) is 19.3 Å². The predicted octanol–water partition coefficient (Wildman–Crippen LogP) is 4.19. The van der Waals surface area contributed by atoms with Crippen LogP contribution in [0.2, 0.25) is 0 Å². The van der Waals surface area contributed by atoms with Crippen LogP contribution in [-0.4, -0.2) is 22.1 Å². The first-order valence-electron chi connectivity index (χ1n) is 9.02. The van der Waals surface area contributed by atoms with E-state index in [-0.39, 0.29) is 17.4 Å². The Balaban J connectivity index is 2.05. The molecule has 2 rings (SSSR count). The van der Waals surface area contributed by atoms with Gasteiger partial charge in [-0.1, -0.05) is 33.8 Å². The number of nitro benzene ring substituents is 1. The summed E-state index contributed by atoms with van der Waals surface area (Å²) in [5, 5.41) is 21.1. The maximum absolute atomic E-state index is 12.5. The van der Waals surface area contributed by atoms with Crippen molar-refractivity contribution in [2.24, 2.45) is 17.8 Å². The number of benzene rings is 1. The molecule has 1 N–H and O–H groups in total. The topological polar surface area (TPSA) is 89.7 Å². The first-order chi connectivity index (χ1) is 12.2. The highest BCUT2D eigenvalue weighted by Crippen LogP contribution is 2.36. The van der Waals surface area contributed by atoms with Crippen LogP contribution in [0.5, 0.6) is 0 Å². The number of carbonyl (C=O) groups is 1. The Morgan fingerprint density at radius 2 is 1.92 bits per heavy atom. The molecular formula is C20H27NO5. The lowest BCUT2D eigenvalue weighted by molar-refractivity contribution is -0.384. The van der Waals surface area contributed by atoms with Gasteiger partial charge in [0.15, 0.2) is 0 Å². The van der Waals surface area contributed by atoms with Crippen LogP contribution < -0.4 is 0 Å². The number of aliphatic hydroxyl groups excluding tert-OH is 1. The number of hydrogen-bond acceptors (Lipinski definition) is 5. The summed E-state index contributed by atoms with van der Waals surface area (Å²) in [4.78, 5) is 22.7. The average molecular weight is 361 g/mol. The third-order valence-electron chi connectivity index (χ3n) is 5.23. The van der Waals surface area contributed by atoms with Gasteiger partial charge in [-0.2, -0.15) is 0 Å². The molecule has 0 heterocycles. The van der Waals surface area contributed by atoms with Crippen molar-refractivity contribution < 1.29 is 19.6 Å². The van der Waals surface area contributed by atoms with E-state index in [2.05, 4.69) is 27.4 Å². The van der Waals surface area contributed by atoms with Gasteiger partial charge in [0, 0.05) is 12.1 Å². The van der Waals surface area contributed by atoms with E-state index in [1.807, 2.05) is 0 Å². The summed E-state index contributed by atoms with van der Waals surface area (Å²) in [5.74, 6) is 0.601. The van der Waals surface area contributed by atoms with Crippen LogP contribution >= 0.6 is 0 Å². The summed E-state index contributed by atoms with van der Waals surface area (Å²) in [6.07, 6.45) is 1.54. The summed E-state index contributed by atoms with van der Waals surface area (Å²) in [6, 6.07) is 5.41. The largest absolute Gasteiger partial charge is 0.459 e. The normalized spacial score (nSPS) is 24.1. The van der Waals surface area contributed by atoms with Crippen molar-refractivity contribution >= 4 is 11.7 Å². The third kappa shape index (κ3) is 4.69. The van der Waals surface area contributed by atoms with E-state index < -0.39 is 17.0 Å². The quantitative estimate of drug-likeness (QED) is 0.355. The molecule has 0 aromatic heterocycles. The van der Waals surface area contributed by atoms with Crippen LogP contribution in [0.25, 0.3) is 0 Å². The van der Waals surface area contributed by atoms with E-state index in [1.165, 1.54) is 24.3 Å². The molecule has 4 atom stereocenters. The van der Waals surface area contributed by atoms with E-state index in [4.69, 9.17) is 4.74 Å². The fraction of sp³-hybridized carbons (Fsp3) is 0.550. The lowest BCUT2D eigenvalue weighted by Crippen LogP contribution is -2.36. The van der Waals surface area contributed by atoms with E-state index >= 15 is 0 Å². The molecule has 1 fully saturated rings. The van der Waals surface area contributed by atoms with Gasteiger partial charge in [0.05, 0.1) is 10.5 Å². The molecule has 1 aromatic rings. The fourth-order valence-electron chi connectivity index (χ4n) is 3.55. The van der Waals surface area contributed by atoms with E-state index in [1.54, 1.807) is 0 Å². The Kier molecular flexibility index (Phi) is 6.53. The molecule has 0 bridgehead atoms. The summed E-state index contributed by atoms with van der Waals surface area (Å²) in [7, 11) is 0. The highest BCUT2D eigenvalue weighted by Gasteiger charge is 2.34. The molecule has 0 radical (unpaired) electrons. The Labute approximate surface area is 154 Å². The maximum atomic E-state index is 12.5. The van der Waals surface area contributed by atoms with Gasteiger partial charge in [-0.15, -0.1) is 0 Å². The van der Waals surface area contributed by atoms with Gasteiger partial charge in [0.1, 0.15) is 12.2 Å². The molecule has 0 aliphatic heterocycles. The van der Waals surface area contributed by atoms with Gasteiger partial charge in [-0.05, 0) is 48.3 Å². The molecule has 6 heteroatoms. The predicted molar refractivity (Wildman–Crippen MR) is 98.4 cm³/mol. The van der Waals surface area contributed by atoms with Gasteiger partial charge < -0.3 is 9.84 Å². The molecule has 1 aliphatic carbocycles. The minimum atomic E-state index is -1.25. The van der Waals surface area contributed by atoms with E-state index in [9.17, 15) is 20.0 Å². The van der Waals surface area contributed by atoms with Gasteiger partial charge in [0.25, 0.3) is 5.69 Å². The zero-order valence-electron chi connectivity index (χ0n) is 15.6. The van der Waals surface area contributed by atoms with Crippen LogP contribution in [0.1, 0.15) is 51.7 Å². The molecule has 0 spiro atoms. The minimum absolute atomic E-state index is 0.0559. The molecule has 0 saturated heterocycles.